The van der Waals surface area contributed by atoms with Gasteiger partial charge in [0.15, 0.2) is 17.2 Å². The highest BCUT2D eigenvalue weighted by Crippen LogP contribution is 2.40. The Morgan fingerprint density at radius 1 is 1.00 bits per heavy atom. The summed E-state index contributed by atoms with van der Waals surface area (Å²) in [6, 6.07) is 10.7. The average Bonchev–Trinajstić information content (AvgIpc) is 3.65. The maximum atomic E-state index is 12.9. The van der Waals surface area contributed by atoms with Crippen molar-refractivity contribution in [3.05, 3.63) is 53.3 Å². The number of aromatic nitrogens is 3. The monoisotopic (exact) mass is 523 g/mol. The summed E-state index contributed by atoms with van der Waals surface area (Å²) in [5, 5.41) is 14.2. The van der Waals surface area contributed by atoms with E-state index < -0.39 is 0 Å². The third-order valence-corrected chi connectivity index (χ3v) is 6.07. The van der Waals surface area contributed by atoms with Crippen molar-refractivity contribution in [2.75, 3.05) is 34.5 Å². The van der Waals surface area contributed by atoms with Crippen molar-refractivity contribution in [3.63, 3.8) is 0 Å². The van der Waals surface area contributed by atoms with Crippen LogP contribution in [0.25, 0.3) is 5.69 Å². The first-order chi connectivity index (χ1) is 18.5. The Balaban J connectivity index is 1.50. The second kappa shape index (κ2) is 12.3. The van der Waals surface area contributed by atoms with Gasteiger partial charge in [-0.3, -0.25) is 9.59 Å². The van der Waals surface area contributed by atoms with E-state index >= 15 is 0 Å². The molecule has 11 heteroatoms. The minimum absolute atomic E-state index is 0.147. The Bertz CT molecular complexity index is 1240. The van der Waals surface area contributed by atoms with Gasteiger partial charge in [0, 0.05) is 30.3 Å². The average molecular weight is 524 g/mol. The number of nitrogens with zero attached hydrogens (tertiary/aromatic N) is 3. The number of hydrogen-bond donors (Lipinski definition) is 2. The zero-order valence-electron chi connectivity index (χ0n) is 22.1. The lowest BCUT2D eigenvalue weighted by molar-refractivity contribution is 0.0940. The van der Waals surface area contributed by atoms with E-state index in [1.807, 2.05) is 6.92 Å². The van der Waals surface area contributed by atoms with Crippen LogP contribution < -0.4 is 29.6 Å². The second-order valence-electron chi connectivity index (χ2n) is 8.76. The molecule has 1 fully saturated rings. The van der Waals surface area contributed by atoms with Crippen LogP contribution in [0.4, 0.5) is 0 Å². The van der Waals surface area contributed by atoms with Crippen LogP contribution in [0.1, 0.15) is 52.7 Å². The Hall–Kier alpha value is -4.28. The molecule has 0 unspecified atom stereocenters. The molecule has 202 valence electrons. The number of hydrogen-bond acceptors (Lipinski definition) is 8. The molecule has 0 aliphatic heterocycles. The van der Waals surface area contributed by atoms with Gasteiger partial charge in [-0.1, -0.05) is 5.21 Å². The number of amides is 2. The molecule has 3 aromatic rings. The molecule has 2 N–H and O–H groups in total. The van der Waals surface area contributed by atoms with Crippen LogP contribution in [0.2, 0.25) is 0 Å². The molecule has 1 heterocycles. The van der Waals surface area contributed by atoms with E-state index in [1.165, 1.54) is 0 Å². The minimum atomic E-state index is -0.238. The zero-order valence-corrected chi connectivity index (χ0v) is 22.1. The van der Waals surface area contributed by atoms with Gasteiger partial charge in [-0.15, -0.1) is 5.10 Å². The van der Waals surface area contributed by atoms with E-state index in [0.717, 1.165) is 12.8 Å². The molecule has 0 spiro atoms. The zero-order chi connectivity index (χ0) is 27.1. The lowest BCUT2D eigenvalue weighted by Crippen LogP contribution is -2.27. The molecular formula is C27H33N5O6. The molecule has 0 atom stereocenters. The number of carbonyl (C=O) groups is 2. The molecule has 1 saturated carbocycles. The molecule has 0 saturated heterocycles. The van der Waals surface area contributed by atoms with Crippen molar-refractivity contribution in [1.82, 2.24) is 25.6 Å². The summed E-state index contributed by atoms with van der Waals surface area (Å²) in [5.74, 6) is 1.67. The molecule has 2 aromatic carbocycles. The molecule has 1 aromatic heterocycles. The molecule has 0 bridgehead atoms. The first-order valence-corrected chi connectivity index (χ1v) is 12.6. The SMILES string of the molecule is CCNC(=O)c1ccc(-n2nnc(C(=O)NC3CC3)c2CCCOc2cc(OC)c(OC)c(OC)c2)cc1. The van der Waals surface area contributed by atoms with E-state index in [-0.39, 0.29) is 23.6 Å². The van der Waals surface area contributed by atoms with Crippen LogP contribution in [-0.2, 0) is 6.42 Å². The van der Waals surface area contributed by atoms with Crippen molar-refractivity contribution < 1.29 is 28.5 Å². The highest BCUT2D eigenvalue weighted by molar-refractivity contribution is 5.94. The quantitative estimate of drug-likeness (QED) is 0.328. The third-order valence-electron chi connectivity index (χ3n) is 6.07. The van der Waals surface area contributed by atoms with Crippen molar-refractivity contribution in [2.24, 2.45) is 0 Å². The Kier molecular flexibility index (Phi) is 8.67. The highest BCUT2D eigenvalue weighted by atomic mass is 16.5. The second-order valence-corrected chi connectivity index (χ2v) is 8.76. The van der Waals surface area contributed by atoms with Gasteiger partial charge in [0.05, 0.1) is 39.3 Å². The Labute approximate surface area is 221 Å². The number of benzene rings is 2. The maximum Gasteiger partial charge on any atom is 0.273 e. The Morgan fingerprint density at radius 3 is 2.26 bits per heavy atom. The topological polar surface area (TPSA) is 126 Å². The summed E-state index contributed by atoms with van der Waals surface area (Å²) in [7, 11) is 4.64. The molecule has 11 nitrogen and oxygen atoms in total. The maximum absolute atomic E-state index is 12.9. The van der Waals surface area contributed by atoms with Gasteiger partial charge in [-0.2, -0.15) is 0 Å². The fraction of sp³-hybridized carbons (Fsp3) is 0.407. The lowest BCUT2D eigenvalue weighted by Gasteiger charge is -2.15. The molecule has 38 heavy (non-hydrogen) atoms. The highest BCUT2D eigenvalue weighted by Gasteiger charge is 2.28. The number of carbonyl (C=O) groups excluding carboxylic acids is 2. The van der Waals surface area contributed by atoms with E-state index in [2.05, 4.69) is 20.9 Å². The summed E-state index contributed by atoms with van der Waals surface area (Å²) in [5.41, 5.74) is 2.21. The fourth-order valence-corrected chi connectivity index (χ4v) is 3.98. The van der Waals surface area contributed by atoms with Gasteiger partial charge < -0.3 is 29.6 Å². The number of methoxy groups -OCH3 is 3. The van der Waals surface area contributed by atoms with E-state index in [4.69, 9.17) is 18.9 Å². The van der Waals surface area contributed by atoms with Gasteiger partial charge in [0.2, 0.25) is 5.75 Å². The van der Waals surface area contributed by atoms with Gasteiger partial charge in [-0.25, -0.2) is 4.68 Å². The summed E-state index contributed by atoms with van der Waals surface area (Å²) < 4.78 is 23.7. The van der Waals surface area contributed by atoms with Crippen LogP contribution >= 0.6 is 0 Å². The standard InChI is InChI=1S/C27H33N5O6/c1-5-28-26(33)17-8-12-19(13-9-17)32-21(24(30-31-32)27(34)29-18-10-11-18)7-6-14-38-20-15-22(35-2)25(37-4)23(16-20)36-3/h8-9,12-13,15-16,18H,5-7,10-11,14H2,1-4H3,(H,28,33)(H,29,34). The predicted octanol–water partition coefficient (Wildman–Crippen LogP) is 2.95. The minimum Gasteiger partial charge on any atom is -0.493 e. The smallest absolute Gasteiger partial charge is 0.273 e. The first-order valence-electron chi connectivity index (χ1n) is 12.6. The molecule has 4 rings (SSSR count). The molecule has 1 aliphatic carbocycles. The van der Waals surface area contributed by atoms with Crippen LogP contribution in [0.15, 0.2) is 36.4 Å². The van der Waals surface area contributed by atoms with Gasteiger partial charge in [0.1, 0.15) is 5.75 Å². The first kappa shape index (κ1) is 26.8. The summed E-state index contributed by atoms with van der Waals surface area (Å²) in [6.07, 6.45) is 3.02. The molecule has 2 amide bonds. The third kappa shape index (κ3) is 6.16. The summed E-state index contributed by atoms with van der Waals surface area (Å²) in [6.45, 7) is 2.78. The van der Waals surface area contributed by atoms with Crippen LogP contribution in [0, 0.1) is 0 Å². The molecular weight excluding hydrogens is 490 g/mol. The van der Waals surface area contributed by atoms with Crippen molar-refractivity contribution in [3.8, 4) is 28.7 Å². The normalized spacial score (nSPS) is 12.5. The number of rotatable bonds is 13. The van der Waals surface area contributed by atoms with Crippen LogP contribution in [0.5, 0.6) is 23.0 Å². The predicted molar refractivity (Wildman–Crippen MR) is 140 cm³/mol. The van der Waals surface area contributed by atoms with Crippen molar-refractivity contribution in [1.29, 1.82) is 0 Å². The van der Waals surface area contributed by atoms with E-state index in [0.29, 0.717) is 65.9 Å². The Morgan fingerprint density at radius 2 is 1.68 bits per heavy atom. The van der Waals surface area contributed by atoms with Crippen LogP contribution in [0.3, 0.4) is 0 Å². The molecule has 1 aliphatic rings. The van der Waals surface area contributed by atoms with Crippen molar-refractivity contribution in [2.45, 2.75) is 38.6 Å². The summed E-state index contributed by atoms with van der Waals surface area (Å²) >= 11 is 0. The largest absolute Gasteiger partial charge is 0.493 e. The van der Waals surface area contributed by atoms with E-state index in [1.54, 1.807) is 62.4 Å². The van der Waals surface area contributed by atoms with Gasteiger partial charge in [0.25, 0.3) is 11.8 Å². The number of nitrogens with one attached hydrogen (secondary N) is 2. The van der Waals surface area contributed by atoms with Crippen molar-refractivity contribution >= 4 is 11.8 Å². The van der Waals surface area contributed by atoms with E-state index in [9.17, 15) is 9.59 Å². The fourth-order valence-electron chi connectivity index (χ4n) is 3.98. The lowest BCUT2D eigenvalue weighted by atomic mass is 10.1. The van der Waals surface area contributed by atoms with Crippen LogP contribution in [-0.4, -0.2) is 67.3 Å². The van der Waals surface area contributed by atoms with Gasteiger partial charge >= 0.3 is 0 Å². The molecule has 0 radical (unpaired) electrons. The summed E-state index contributed by atoms with van der Waals surface area (Å²) in [4.78, 5) is 25.0. The van der Waals surface area contributed by atoms with Gasteiger partial charge in [-0.05, 0) is 56.9 Å². The number of ether oxygens (including phenoxy) is 4.